The molecule has 0 bridgehead atoms. The first kappa shape index (κ1) is 17.5. The van der Waals surface area contributed by atoms with E-state index in [2.05, 4.69) is 20.4 Å². The summed E-state index contributed by atoms with van der Waals surface area (Å²) in [6.45, 7) is -1.18. The Labute approximate surface area is 140 Å². The molecule has 2 heterocycles. The smallest absolute Gasteiger partial charge is 0.405 e. The first-order valence-electron chi connectivity index (χ1n) is 6.27. The molecular weight excluding hydrogens is 354 g/mol. The van der Waals surface area contributed by atoms with E-state index in [9.17, 15) is 13.2 Å². The van der Waals surface area contributed by atoms with Gasteiger partial charge in [-0.25, -0.2) is 0 Å². The van der Waals surface area contributed by atoms with Gasteiger partial charge in [-0.1, -0.05) is 39.9 Å². The van der Waals surface area contributed by atoms with Crippen LogP contribution >= 0.6 is 11.6 Å². The highest BCUT2D eigenvalue weighted by atomic mass is 35.5. The standard InChI is InChI=1S/C13H9ClF3N5.ClH/c14-10-4-2-1-3-8(10)9-5-18-12-20-7-21-22(12)11(9)19-6-13(15,16)17;/h1-5,7,19H,6H2;1H. The Morgan fingerprint density at radius 3 is 2.65 bits per heavy atom. The molecule has 0 radical (unpaired) electrons. The zero-order valence-corrected chi connectivity index (χ0v) is 12.9. The number of halogens is 5. The molecule has 2 aliphatic rings. The van der Waals surface area contributed by atoms with Crippen molar-refractivity contribution in [3.63, 3.8) is 0 Å². The number of fused-ring (bicyclic) bond motifs is 1. The number of hydrogen-bond acceptors (Lipinski definition) is 4. The van der Waals surface area contributed by atoms with E-state index in [0.29, 0.717) is 16.2 Å². The van der Waals surface area contributed by atoms with Gasteiger partial charge < -0.3 is 17.7 Å². The number of guanidine groups is 1. The number of allylic oxidation sites excluding steroid dienone is 1. The van der Waals surface area contributed by atoms with E-state index in [1.807, 2.05) is 0 Å². The second-order valence-electron chi connectivity index (χ2n) is 4.54. The minimum atomic E-state index is -4.35. The minimum absolute atomic E-state index is 0. The normalized spacial score (nSPS) is 19.3. The Bertz CT molecular complexity index is 725. The van der Waals surface area contributed by atoms with Crippen LogP contribution in [0.2, 0.25) is 5.02 Å². The Balaban J connectivity index is 0.00000192. The summed E-state index contributed by atoms with van der Waals surface area (Å²) in [6.07, 6.45) is -1.66. The van der Waals surface area contributed by atoms with Crippen LogP contribution in [0.5, 0.6) is 0 Å². The Morgan fingerprint density at radius 2 is 1.96 bits per heavy atom. The summed E-state index contributed by atoms with van der Waals surface area (Å²) in [5, 5.41) is 7.06. The van der Waals surface area contributed by atoms with Crippen LogP contribution in [-0.2, 0) is 0 Å². The molecule has 2 aliphatic heterocycles. The molecule has 0 spiro atoms. The van der Waals surface area contributed by atoms with Crippen LogP contribution in [0.15, 0.2) is 45.2 Å². The SMILES string of the molecule is FC(F)(F)CNC1=C(c2ccccc2Cl)C=NC2=NC=N[NH+]21.[Cl-]. The van der Waals surface area contributed by atoms with Crippen LogP contribution in [0.3, 0.4) is 0 Å². The topological polar surface area (TPSA) is 53.5 Å². The maximum absolute atomic E-state index is 12.5. The largest absolute Gasteiger partial charge is 1.00 e. The molecular formula is C13H10Cl2F3N5. The van der Waals surface area contributed by atoms with Crippen molar-refractivity contribution in [2.24, 2.45) is 15.1 Å². The number of benzene rings is 1. The number of nitrogens with zero attached hydrogens (tertiary/aromatic N) is 3. The van der Waals surface area contributed by atoms with E-state index in [0.717, 1.165) is 0 Å². The van der Waals surface area contributed by atoms with Gasteiger partial charge in [0.1, 0.15) is 6.54 Å². The molecule has 3 rings (SSSR count). The molecule has 0 aliphatic carbocycles. The molecule has 2 N–H and O–H groups in total. The molecule has 0 aromatic heterocycles. The van der Waals surface area contributed by atoms with E-state index in [4.69, 9.17) is 11.6 Å². The molecule has 23 heavy (non-hydrogen) atoms. The fourth-order valence-corrected chi connectivity index (χ4v) is 2.34. The molecule has 1 aromatic rings. The zero-order chi connectivity index (χ0) is 15.7. The summed E-state index contributed by atoms with van der Waals surface area (Å²) >= 11 is 6.13. The fraction of sp³-hybridized carbons (Fsp3) is 0.154. The number of alkyl halides is 3. The van der Waals surface area contributed by atoms with Gasteiger partial charge in [-0.05, 0) is 6.07 Å². The third-order valence-corrected chi connectivity index (χ3v) is 3.36. The highest BCUT2D eigenvalue weighted by Crippen LogP contribution is 2.24. The molecule has 0 saturated heterocycles. The number of quaternary nitrogens is 1. The van der Waals surface area contributed by atoms with Crippen molar-refractivity contribution in [3.05, 3.63) is 40.7 Å². The quantitative estimate of drug-likeness (QED) is 0.671. The molecule has 1 atom stereocenters. The predicted molar refractivity (Wildman–Crippen MR) is 77.8 cm³/mol. The van der Waals surface area contributed by atoms with Gasteiger partial charge in [-0.3, -0.25) is 0 Å². The fourth-order valence-electron chi connectivity index (χ4n) is 2.10. The first-order chi connectivity index (χ1) is 10.5. The average molecular weight is 364 g/mol. The van der Waals surface area contributed by atoms with Crippen LogP contribution in [-0.4, -0.2) is 31.2 Å². The number of rotatable bonds is 3. The summed E-state index contributed by atoms with van der Waals surface area (Å²) in [4.78, 5) is 8.01. The van der Waals surface area contributed by atoms with Crippen molar-refractivity contribution in [3.8, 4) is 0 Å². The van der Waals surface area contributed by atoms with Crippen LogP contribution in [0.1, 0.15) is 5.56 Å². The van der Waals surface area contributed by atoms with Gasteiger partial charge in [-0.2, -0.15) is 23.2 Å². The Morgan fingerprint density at radius 1 is 1.22 bits per heavy atom. The lowest BCUT2D eigenvalue weighted by Gasteiger charge is -2.20. The van der Waals surface area contributed by atoms with E-state index >= 15 is 0 Å². The highest BCUT2D eigenvalue weighted by Gasteiger charge is 2.36. The van der Waals surface area contributed by atoms with Crippen molar-refractivity contribution in [2.45, 2.75) is 6.18 Å². The highest BCUT2D eigenvalue weighted by molar-refractivity contribution is 6.34. The van der Waals surface area contributed by atoms with Gasteiger partial charge in [0, 0.05) is 10.6 Å². The molecule has 1 unspecified atom stereocenters. The molecule has 0 fully saturated rings. The van der Waals surface area contributed by atoms with Gasteiger partial charge in [0.15, 0.2) is 6.34 Å². The van der Waals surface area contributed by atoms with Crippen LogP contribution in [0, 0.1) is 0 Å². The number of aliphatic imine (C=N–C) groups is 2. The lowest BCUT2D eigenvalue weighted by Crippen LogP contribution is -3.09. The maximum atomic E-state index is 12.5. The minimum Gasteiger partial charge on any atom is -1.00 e. The predicted octanol–water partition coefficient (Wildman–Crippen LogP) is -1.55. The van der Waals surface area contributed by atoms with Crippen molar-refractivity contribution >= 4 is 35.7 Å². The van der Waals surface area contributed by atoms with Crippen LogP contribution in [0.25, 0.3) is 5.57 Å². The Hall–Kier alpha value is -1.90. The molecule has 5 nitrogen and oxygen atoms in total. The van der Waals surface area contributed by atoms with E-state index in [-0.39, 0.29) is 29.2 Å². The summed E-state index contributed by atoms with van der Waals surface area (Å²) < 4.78 is 37.6. The number of hydrogen-bond donors (Lipinski definition) is 2. The summed E-state index contributed by atoms with van der Waals surface area (Å²) in [7, 11) is 0. The van der Waals surface area contributed by atoms with E-state index in [1.54, 1.807) is 24.3 Å². The van der Waals surface area contributed by atoms with Gasteiger partial charge in [0.05, 0.1) is 11.8 Å². The van der Waals surface area contributed by atoms with Gasteiger partial charge >= 0.3 is 12.1 Å². The Kier molecular flexibility index (Phi) is 5.08. The molecule has 0 amide bonds. The lowest BCUT2D eigenvalue weighted by atomic mass is 10.1. The van der Waals surface area contributed by atoms with Crippen LogP contribution in [0.4, 0.5) is 13.2 Å². The molecule has 0 saturated carbocycles. The molecule has 1 aromatic carbocycles. The van der Waals surface area contributed by atoms with Crippen molar-refractivity contribution < 1.29 is 30.6 Å². The number of nitrogens with one attached hydrogen (secondary N) is 2. The zero-order valence-electron chi connectivity index (χ0n) is 11.4. The van der Waals surface area contributed by atoms with Crippen molar-refractivity contribution in [2.75, 3.05) is 6.54 Å². The van der Waals surface area contributed by atoms with Gasteiger partial charge in [0.25, 0.3) is 0 Å². The lowest BCUT2D eigenvalue weighted by molar-refractivity contribution is -0.771. The second-order valence-corrected chi connectivity index (χ2v) is 4.95. The third-order valence-electron chi connectivity index (χ3n) is 3.03. The van der Waals surface area contributed by atoms with Crippen molar-refractivity contribution in [1.29, 1.82) is 0 Å². The van der Waals surface area contributed by atoms with Crippen LogP contribution < -0.4 is 22.7 Å². The van der Waals surface area contributed by atoms with Crippen molar-refractivity contribution in [1.82, 2.24) is 5.32 Å². The summed E-state index contributed by atoms with van der Waals surface area (Å²) in [6, 6.07) is 6.85. The van der Waals surface area contributed by atoms with E-state index in [1.165, 1.54) is 12.6 Å². The van der Waals surface area contributed by atoms with Gasteiger partial charge in [0.2, 0.25) is 5.82 Å². The second kappa shape index (κ2) is 6.69. The first-order valence-corrected chi connectivity index (χ1v) is 6.65. The average Bonchev–Trinajstić information content (AvgIpc) is 2.93. The summed E-state index contributed by atoms with van der Waals surface area (Å²) in [5.74, 6) is 0.494. The molecule has 10 heteroatoms. The maximum Gasteiger partial charge on any atom is 0.405 e. The van der Waals surface area contributed by atoms with E-state index < -0.39 is 12.7 Å². The summed E-state index contributed by atoms with van der Waals surface area (Å²) in [5.41, 5.74) is 1.02. The monoisotopic (exact) mass is 363 g/mol. The third kappa shape index (κ3) is 3.72. The van der Waals surface area contributed by atoms with Gasteiger partial charge in [-0.15, -0.1) is 0 Å². The molecule has 122 valence electrons.